The lowest BCUT2D eigenvalue weighted by Gasteiger charge is -2.12. The first-order valence-corrected chi connectivity index (χ1v) is 7.15. The lowest BCUT2D eigenvalue weighted by molar-refractivity contribution is 0.163. The van der Waals surface area contributed by atoms with E-state index >= 15 is 0 Å². The van der Waals surface area contributed by atoms with Crippen LogP contribution in [0.4, 0.5) is 0 Å². The average molecular weight is 281 g/mol. The molecule has 0 saturated carbocycles. The molecule has 0 saturated heterocycles. The molecular formula is C17H19N3O. The lowest BCUT2D eigenvalue weighted by Crippen LogP contribution is -2.03. The van der Waals surface area contributed by atoms with Crippen molar-refractivity contribution in [3.63, 3.8) is 0 Å². The van der Waals surface area contributed by atoms with Crippen molar-refractivity contribution in [2.24, 2.45) is 7.05 Å². The maximum Gasteiger partial charge on any atom is 0.0963 e. The number of fused-ring (bicyclic) bond motifs is 1. The van der Waals surface area contributed by atoms with E-state index in [1.165, 1.54) is 0 Å². The summed E-state index contributed by atoms with van der Waals surface area (Å²) in [5.74, 6) is 0. The van der Waals surface area contributed by atoms with Crippen molar-refractivity contribution in [1.82, 2.24) is 14.8 Å². The number of nitrogens with zero attached hydrogens (tertiary/aromatic N) is 3. The van der Waals surface area contributed by atoms with Crippen LogP contribution in [0.3, 0.4) is 0 Å². The van der Waals surface area contributed by atoms with Crippen LogP contribution in [0.15, 0.2) is 42.7 Å². The Morgan fingerprint density at radius 2 is 2.10 bits per heavy atom. The molecule has 1 N–H and O–H groups in total. The Kier molecular flexibility index (Phi) is 3.71. The molecule has 0 spiro atoms. The van der Waals surface area contributed by atoms with Crippen LogP contribution in [0.25, 0.3) is 10.9 Å². The van der Waals surface area contributed by atoms with Crippen LogP contribution in [0.5, 0.6) is 0 Å². The zero-order chi connectivity index (χ0) is 14.8. The Morgan fingerprint density at radius 3 is 2.86 bits per heavy atom. The van der Waals surface area contributed by atoms with Gasteiger partial charge < -0.3 is 5.11 Å². The topological polar surface area (TPSA) is 50.9 Å². The minimum absolute atomic E-state index is 0.548. The summed E-state index contributed by atoms with van der Waals surface area (Å²) in [6, 6.07) is 10.0. The van der Waals surface area contributed by atoms with Gasteiger partial charge in [-0.1, -0.05) is 18.2 Å². The van der Waals surface area contributed by atoms with Crippen LogP contribution in [0.2, 0.25) is 0 Å². The van der Waals surface area contributed by atoms with Crippen molar-refractivity contribution in [2.75, 3.05) is 0 Å². The van der Waals surface area contributed by atoms with Crippen molar-refractivity contribution >= 4 is 10.9 Å². The van der Waals surface area contributed by atoms with Gasteiger partial charge in [-0.25, -0.2) is 0 Å². The van der Waals surface area contributed by atoms with Crippen molar-refractivity contribution in [3.05, 3.63) is 59.5 Å². The van der Waals surface area contributed by atoms with Gasteiger partial charge in [0.05, 0.1) is 23.5 Å². The number of aliphatic hydroxyl groups excluding tert-OH is 1. The molecule has 0 aliphatic carbocycles. The number of aromatic nitrogens is 3. The summed E-state index contributed by atoms with van der Waals surface area (Å²) in [6.07, 6.45) is 4.71. The number of pyridine rings is 1. The Morgan fingerprint density at radius 1 is 1.29 bits per heavy atom. The standard InChI is InChI=1S/C17H19N3O/c1-12-9-16(19-15-6-4-3-5-14(12)15)17(21)8-7-13-10-18-20(2)11-13/h3-6,9-11,17,21H,7-8H2,1-2H3. The SMILES string of the molecule is Cc1cc(C(O)CCc2cnn(C)c2)nc2ccccc12. The summed E-state index contributed by atoms with van der Waals surface area (Å²) in [6.45, 7) is 2.06. The van der Waals surface area contributed by atoms with Crippen LogP contribution < -0.4 is 0 Å². The van der Waals surface area contributed by atoms with Crippen molar-refractivity contribution < 1.29 is 5.11 Å². The fraction of sp³-hybridized carbons (Fsp3) is 0.294. The van der Waals surface area contributed by atoms with Gasteiger partial charge in [0.2, 0.25) is 0 Å². The maximum absolute atomic E-state index is 10.4. The van der Waals surface area contributed by atoms with E-state index in [1.807, 2.05) is 43.7 Å². The minimum atomic E-state index is -0.548. The second-order valence-electron chi connectivity index (χ2n) is 5.46. The van der Waals surface area contributed by atoms with E-state index in [0.717, 1.165) is 34.1 Å². The van der Waals surface area contributed by atoms with E-state index in [2.05, 4.69) is 23.1 Å². The zero-order valence-electron chi connectivity index (χ0n) is 12.3. The lowest BCUT2D eigenvalue weighted by atomic mass is 10.0. The molecule has 0 amide bonds. The largest absolute Gasteiger partial charge is 0.387 e. The van der Waals surface area contributed by atoms with E-state index in [0.29, 0.717) is 6.42 Å². The number of hydrogen-bond acceptors (Lipinski definition) is 3. The van der Waals surface area contributed by atoms with E-state index in [-0.39, 0.29) is 0 Å². The average Bonchev–Trinajstić information content (AvgIpc) is 2.90. The van der Waals surface area contributed by atoms with Gasteiger partial charge in [0.25, 0.3) is 0 Å². The minimum Gasteiger partial charge on any atom is -0.387 e. The highest BCUT2D eigenvalue weighted by Crippen LogP contribution is 2.23. The molecule has 108 valence electrons. The molecule has 3 rings (SSSR count). The summed E-state index contributed by atoms with van der Waals surface area (Å²) in [4.78, 5) is 4.58. The van der Waals surface area contributed by atoms with Gasteiger partial charge >= 0.3 is 0 Å². The van der Waals surface area contributed by atoms with Gasteiger partial charge in [0, 0.05) is 18.6 Å². The summed E-state index contributed by atoms with van der Waals surface area (Å²) < 4.78 is 1.78. The molecule has 0 radical (unpaired) electrons. The fourth-order valence-electron chi connectivity index (χ4n) is 2.60. The number of aliphatic hydroxyl groups is 1. The maximum atomic E-state index is 10.4. The second kappa shape index (κ2) is 5.66. The fourth-order valence-corrected chi connectivity index (χ4v) is 2.60. The van der Waals surface area contributed by atoms with Gasteiger partial charge in [-0.15, -0.1) is 0 Å². The molecule has 4 heteroatoms. The number of para-hydroxylation sites is 1. The molecule has 2 aromatic heterocycles. The molecule has 1 aromatic carbocycles. The number of rotatable bonds is 4. The third-order valence-corrected chi connectivity index (χ3v) is 3.75. The molecule has 0 bridgehead atoms. The first-order valence-electron chi connectivity index (χ1n) is 7.15. The summed E-state index contributed by atoms with van der Waals surface area (Å²) in [5, 5.41) is 15.7. The van der Waals surface area contributed by atoms with Crippen LogP contribution in [-0.2, 0) is 13.5 Å². The van der Waals surface area contributed by atoms with Crippen molar-refractivity contribution in [1.29, 1.82) is 0 Å². The molecule has 2 heterocycles. The number of benzene rings is 1. The van der Waals surface area contributed by atoms with Crippen LogP contribution in [0.1, 0.15) is 29.3 Å². The predicted molar refractivity (Wildman–Crippen MR) is 83.0 cm³/mol. The Hall–Kier alpha value is -2.20. The molecule has 0 aliphatic heterocycles. The molecule has 4 nitrogen and oxygen atoms in total. The first-order chi connectivity index (χ1) is 10.1. The van der Waals surface area contributed by atoms with Gasteiger partial charge in [0.15, 0.2) is 0 Å². The highest BCUT2D eigenvalue weighted by atomic mass is 16.3. The predicted octanol–water partition coefficient (Wildman–Crippen LogP) is 2.94. The van der Waals surface area contributed by atoms with E-state index in [9.17, 15) is 5.11 Å². The molecule has 3 aromatic rings. The molecule has 1 atom stereocenters. The smallest absolute Gasteiger partial charge is 0.0963 e. The van der Waals surface area contributed by atoms with Gasteiger partial charge in [-0.05, 0) is 43.0 Å². The first kappa shape index (κ1) is 13.8. The van der Waals surface area contributed by atoms with Crippen LogP contribution in [0, 0.1) is 6.92 Å². The molecular weight excluding hydrogens is 262 g/mol. The molecule has 1 unspecified atom stereocenters. The molecule has 0 fully saturated rings. The van der Waals surface area contributed by atoms with Gasteiger partial charge in [-0.2, -0.15) is 5.10 Å². The van der Waals surface area contributed by atoms with Crippen molar-refractivity contribution in [2.45, 2.75) is 25.9 Å². The third kappa shape index (κ3) is 2.95. The summed E-state index contributed by atoms with van der Waals surface area (Å²) in [5.41, 5.74) is 3.97. The van der Waals surface area contributed by atoms with Gasteiger partial charge in [0.1, 0.15) is 0 Å². The quantitative estimate of drug-likeness (QED) is 0.800. The Labute approximate surface area is 124 Å². The van der Waals surface area contributed by atoms with E-state index in [1.54, 1.807) is 4.68 Å². The van der Waals surface area contributed by atoms with Crippen molar-refractivity contribution in [3.8, 4) is 0 Å². The Balaban J connectivity index is 1.79. The zero-order valence-corrected chi connectivity index (χ0v) is 12.3. The highest BCUT2D eigenvalue weighted by Gasteiger charge is 2.12. The highest BCUT2D eigenvalue weighted by molar-refractivity contribution is 5.82. The van der Waals surface area contributed by atoms with Gasteiger partial charge in [-0.3, -0.25) is 9.67 Å². The molecule has 21 heavy (non-hydrogen) atoms. The van der Waals surface area contributed by atoms with Crippen LogP contribution >= 0.6 is 0 Å². The van der Waals surface area contributed by atoms with E-state index in [4.69, 9.17) is 0 Å². The summed E-state index contributed by atoms with van der Waals surface area (Å²) >= 11 is 0. The Bertz CT molecular complexity index is 764. The third-order valence-electron chi connectivity index (χ3n) is 3.75. The number of hydrogen-bond donors (Lipinski definition) is 1. The monoisotopic (exact) mass is 281 g/mol. The second-order valence-corrected chi connectivity index (χ2v) is 5.46. The van der Waals surface area contributed by atoms with E-state index < -0.39 is 6.10 Å². The van der Waals surface area contributed by atoms with Crippen LogP contribution in [-0.4, -0.2) is 19.9 Å². The normalized spacial score (nSPS) is 12.7. The number of aryl methyl sites for hydroxylation is 3. The summed E-state index contributed by atoms with van der Waals surface area (Å²) in [7, 11) is 1.90. The molecule has 0 aliphatic rings.